The summed E-state index contributed by atoms with van der Waals surface area (Å²) >= 11 is 0. The molecule has 1 N–H and O–H groups in total. The summed E-state index contributed by atoms with van der Waals surface area (Å²) in [5, 5.41) is 3.08. The van der Waals surface area contributed by atoms with Crippen molar-refractivity contribution in [3.05, 3.63) is 79.2 Å². The van der Waals surface area contributed by atoms with Gasteiger partial charge in [0.1, 0.15) is 35.5 Å². The maximum Gasteiger partial charge on any atom is 0.320 e. The third-order valence-electron chi connectivity index (χ3n) is 8.61. The van der Waals surface area contributed by atoms with Crippen LogP contribution in [0.4, 0.5) is 30.5 Å². The molecule has 1 saturated heterocycles. The van der Waals surface area contributed by atoms with Crippen LogP contribution in [0.25, 0.3) is 22.1 Å². The highest BCUT2D eigenvalue weighted by Crippen LogP contribution is 2.37. The molecule has 0 bridgehead atoms. The van der Waals surface area contributed by atoms with Crippen molar-refractivity contribution in [3.8, 4) is 11.5 Å². The molecule has 0 spiro atoms. The number of carbonyl (C=O) groups is 1. The van der Waals surface area contributed by atoms with Gasteiger partial charge in [0, 0.05) is 37.3 Å². The molecule has 1 saturated carbocycles. The number of rotatable bonds is 9. The molecular formula is C33H31F3N8O2. The molecule has 1 unspecified atom stereocenters. The molecule has 46 heavy (non-hydrogen) atoms. The monoisotopic (exact) mass is 628 g/mol. The number of benzene rings is 2. The van der Waals surface area contributed by atoms with E-state index in [4.69, 9.17) is 9.72 Å². The van der Waals surface area contributed by atoms with Gasteiger partial charge < -0.3 is 19.9 Å². The Kier molecular flexibility index (Phi) is 7.67. The van der Waals surface area contributed by atoms with Crippen LogP contribution in [0.5, 0.6) is 11.5 Å². The summed E-state index contributed by atoms with van der Waals surface area (Å²) in [5.41, 5.74) is 2.09. The van der Waals surface area contributed by atoms with Crippen LogP contribution in [-0.2, 0) is 4.79 Å². The number of fused-ring (bicyclic) bond motifs is 2. The van der Waals surface area contributed by atoms with E-state index in [1.165, 1.54) is 49.5 Å². The first kappa shape index (κ1) is 29.5. The molecule has 1 atom stereocenters. The van der Waals surface area contributed by atoms with E-state index in [0.717, 1.165) is 23.1 Å². The normalized spacial score (nSPS) is 16.8. The third-order valence-corrected chi connectivity index (χ3v) is 8.61. The number of nitrogens with one attached hydrogen (secondary N) is 1. The number of hydrogen-bond acceptors (Lipinski definition) is 8. The highest BCUT2D eigenvalue weighted by molar-refractivity contribution is 5.89. The molecule has 10 nitrogen and oxygen atoms in total. The molecule has 2 aliphatic rings. The number of piperazine rings is 1. The Morgan fingerprint density at radius 1 is 1.11 bits per heavy atom. The Balaban J connectivity index is 1.12. The minimum absolute atomic E-state index is 0.0481. The van der Waals surface area contributed by atoms with Gasteiger partial charge in [-0.1, -0.05) is 19.4 Å². The first-order valence-electron chi connectivity index (χ1n) is 15.1. The molecule has 0 radical (unpaired) electrons. The van der Waals surface area contributed by atoms with Gasteiger partial charge in [-0.2, -0.15) is 8.78 Å². The zero-order valence-electron chi connectivity index (χ0n) is 25.0. The molecule has 13 heteroatoms. The van der Waals surface area contributed by atoms with E-state index in [1.54, 1.807) is 13.0 Å². The number of halogens is 3. The molecular weight excluding hydrogens is 597 g/mol. The van der Waals surface area contributed by atoms with Gasteiger partial charge >= 0.3 is 6.55 Å². The summed E-state index contributed by atoms with van der Waals surface area (Å²) in [6.07, 6.45) is 7.19. The minimum atomic E-state index is -2.71. The van der Waals surface area contributed by atoms with Crippen LogP contribution in [0, 0.1) is 18.7 Å². The number of alkyl halides is 2. The van der Waals surface area contributed by atoms with Crippen LogP contribution in [0.3, 0.4) is 0 Å². The quantitative estimate of drug-likeness (QED) is 0.179. The Bertz CT molecular complexity index is 1960. The Morgan fingerprint density at radius 3 is 2.74 bits per heavy atom. The van der Waals surface area contributed by atoms with Crippen molar-refractivity contribution in [1.29, 1.82) is 0 Å². The van der Waals surface area contributed by atoms with Crippen molar-refractivity contribution in [2.24, 2.45) is 5.92 Å². The Labute approximate surface area is 262 Å². The number of pyridine rings is 1. The van der Waals surface area contributed by atoms with Crippen molar-refractivity contribution in [3.63, 3.8) is 0 Å². The lowest BCUT2D eigenvalue weighted by atomic mass is 10.0. The summed E-state index contributed by atoms with van der Waals surface area (Å²) in [7, 11) is 0. The predicted molar refractivity (Wildman–Crippen MR) is 168 cm³/mol. The number of aromatic nitrogens is 5. The molecule has 4 heterocycles. The van der Waals surface area contributed by atoms with E-state index in [2.05, 4.69) is 31.7 Å². The van der Waals surface area contributed by atoms with Crippen molar-refractivity contribution in [2.45, 2.75) is 38.8 Å². The summed E-state index contributed by atoms with van der Waals surface area (Å²) in [5.74, 6) is 1.72. The van der Waals surface area contributed by atoms with Crippen molar-refractivity contribution in [1.82, 2.24) is 29.4 Å². The van der Waals surface area contributed by atoms with Crippen molar-refractivity contribution in [2.75, 3.05) is 29.9 Å². The summed E-state index contributed by atoms with van der Waals surface area (Å²) in [6.45, 7) is 4.39. The standard InChI is InChI=1S/C33H31F3N8O2/c1-3-29(45)43-13-12-42(16-21(43)14-20-4-5-20)28-11-8-24-31(41-28)32(38-17-37-24)40-23-7-10-27(19(2)30(23)34)46-22-6-9-26-25(15-22)39-18-44(26)33(35)36/h3,6-11,15,17-18,20-21,33H,1,4-5,12-14,16H2,2H3,(H,37,38,40). The lowest BCUT2D eigenvalue weighted by Crippen LogP contribution is -2.55. The predicted octanol–water partition coefficient (Wildman–Crippen LogP) is 6.76. The first-order valence-corrected chi connectivity index (χ1v) is 15.1. The Hall–Kier alpha value is -5.20. The molecule has 3 aromatic heterocycles. The SMILES string of the molecule is C=CC(=O)N1CCN(c2ccc3ncnc(Nc4ccc(Oc5ccc6c(c5)ncn6C(F)F)c(C)c4F)c3n2)CC1CC1CC1. The van der Waals surface area contributed by atoms with Crippen LogP contribution in [-0.4, -0.2) is 61.0 Å². The second-order valence-corrected chi connectivity index (χ2v) is 11.6. The van der Waals surface area contributed by atoms with Crippen LogP contribution in [0.2, 0.25) is 0 Å². The number of ether oxygens (including phenoxy) is 1. The summed E-state index contributed by atoms with van der Waals surface area (Å²) in [6, 6.07) is 11.6. The maximum absolute atomic E-state index is 15.7. The van der Waals surface area contributed by atoms with E-state index in [-0.39, 0.29) is 34.5 Å². The second-order valence-electron chi connectivity index (χ2n) is 11.6. The van der Waals surface area contributed by atoms with Gasteiger partial charge in [-0.05, 0) is 61.7 Å². The van der Waals surface area contributed by atoms with Crippen molar-refractivity contribution >= 4 is 45.3 Å². The number of hydrogen-bond donors (Lipinski definition) is 1. The average molecular weight is 629 g/mol. The van der Waals surface area contributed by atoms with Gasteiger partial charge in [0.2, 0.25) is 5.91 Å². The number of anilines is 3. The molecule has 2 fully saturated rings. The molecule has 236 valence electrons. The largest absolute Gasteiger partial charge is 0.457 e. The van der Waals surface area contributed by atoms with Crippen LogP contribution < -0.4 is 15.0 Å². The van der Waals surface area contributed by atoms with Crippen molar-refractivity contribution < 1.29 is 22.7 Å². The molecule has 1 aliphatic carbocycles. The van der Waals surface area contributed by atoms with E-state index >= 15 is 4.39 Å². The zero-order chi connectivity index (χ0) is 31.9. The van der Waals surface area contributed by atoms with Gasteiger partial charge in [-0.3, -0.25) is 9.36 Å². The Morgan fingerprint density at radius 2 is 1.96 bits per heavy atom. The third kappa shape index (κ3) is 5.68. The number of amides is 1. The molecule has 2 aromatic carbocycles. The topological polar surface area (TPSA) is 101 Å². The lowest BCUT2D eigenvalue weighted by molar-refractivity contribution is -0.128. The van der Waals surface area contributed by atoms with E-state index in [0.29, 0.717) is 53.7 Å². The second kappa shape index (κ2) is 12.0. The highest BCUT2D eigenvalue weighted by Gasteiger charge is 2.35. The maximum atomic E-state index is 15.7. The van der Waals surface area contributed by atoms with Crippen LogP contribution in [0.15, 0.2) is 67.8 Å². The van der Waals surface area contributed by atoms with Gasteiger partial charge in [0.25, 0.3) is 0 Å². The van der Waals surface area contributed by atoms with Gasteiger partial charge in [-0.25, -0.2) is 24.3 Å². The summed E-state index contributed by atoms with van der Waals surface area (Å²) in [4.78, 5) is 34.2. The number of carbonyl (C=O) groups excluding carboxylic acids is 1. The molecule has 1 amide bonds. The minimum Gasteiger partial charge on any atom is -0.457 e. The average Bonchev–Trinajstić information content (AvgIpc) is 3.78. The van der Waals surface area contributed by atoms with Gasteiger partial charge in [0.15, 0.2) is 11.6 Å². The van der Waals surface area contributed by atoms with Crippen LogP contribution >= 0.6 is 0 Å². The summed E-state index contributed by atoms with van der Waals surface area (Å²) < 4.78 is 48.7. The number of nitrogens with zero attached hydrogens (tertiary/aromatic N) is 7. The number of imidazole rings is 1. The fourth-order valence-electron chi connectivity index (χ4n) is 5.97. The fourth-order valence-corrected chi connectivity index (χ4v) is 5.97. The van der Waals surface area contributed by atoms with E-state index in [9.17, 15) is 13.6 Å². The zero-order valence-corrected chi connectivity index (χ0v) is 25.0. The fraction of sp³-hybridized carbons (Fsp3) is 0.303. The van der Waals surface area contributed by atoms with E-state index < -0.39 is 12.4 Å². The smallest absolute Gasteiger partial charge is 0.320 e. The van der Waals surface area contributed by atoms with Crippen LogP contribution in [0.1, 0.15) is 31.4 Å². The first-order chi connectivity index (χ1) is 22.3. The lowest BCUT2D eigenvalue weighted by Gasteiger charge is -2.42. The molecule has 1 aliphatic heterocycles. The van der Waals surface area contributed by atoms with Gasteiger partial charge in [-0.15, -0.1) is 0 Å². The molecule has 5 aromatic rings. The highest BCUT2D eigenvalue weighted by atomic mass is 19.3. The van der Waals surface area contributed by atoms with E-state index in [1.807, 2.05) is 17.0 Å². The van der Waals surface area contributed by atoms with Gasteiger partial charge in [0.05, 0.1) is 22.2 Å². The molecule has 7 rings (SSSR count).